The Morgan fingerprint density at radius 3 is 1.56 bits per heavy atom. The van der Waals surface area contributed by atoms with Crippen LogP contribution in [0.2, 0.25) is 0 Å². The van der Waals surface area contributed by atoms with E-state index in [4.69, 9.17) is 0 Å². The zero-order chi connectivity index (χ0) is 22.5. The number of azo groups is 1. The van der Waals surface area contributed by atoms with Crippen molar-refractivity contribution in [1.82, 2.24) is 0 Å². The summed E-state index contributed by atoms with van der Waals surface area (Å²) in [5.74, 6) is 4.06. The van der Waals surface area contributed by atoms with Gasteiger partial charge in [0.1, 0.15) is 11.6 Å². The van der Waals surface area contributed by atoms with E-state index in [2.05, 4.69) is 22.1 Å². The van der Waals surface area contributed by atoms with Gasteiger partial charge in [-0.05, 0) is 73.5 Å². The van der Waals surface area contributed by atoms with Crippen molar-refractivity contribution in [3.8, 4) is 23.0 Å². The van der Waals surface area contributed by atoms with Crippen LogP contribution in [0.15, 0.2) is 95.2 Å². The second-order valence-electron chi connectivity index (χ2n) is 7.51. The molecule has 32 heavy (non-hydrogen) atoms. The lowest BCUT2D eigenvalue weighted by Gasteiger charge is -2.05. The van der Waals surface area contributed by atoms with Gasteiger partial charge >= 0.3 is 0 Å². The molecule has 0 aliphatic rings. The molecule has 0 aliphatic heterocycles. The molecule has 0 fully saturated rings. The van der Waals surface area contributed by atoms with Crippen LogP contribution in [0.5, 0.6) is 0 Å². The molecule has 0 aromatic heterocycles. The topological polar surface area (TPSA) is 24.7 Å². The van der Waals surface area contributed by atoms with Crippen molar-refractivity contribution in [3.63, 3.8) is 0 Å². The Balaban J connectivity index is 1.51. The van der Waals surface area contributed by atoms with Gasteiger partial charge in [0, 0.05) is 5.56 Å². The number of hydrogen-bond acceptors (Lipinski definition) is 2. The molecule has 4 heteroatoms. The number of nitrogens with zero attached hydrogens (tertiary/aromatic N) is 2. The monoisotopic (exact) mass is 422 g/mol. The minimum absolute atomic E-state index is 0.246. The van der Waals surface area contributed by atoms with Crippen LogP contribution in [0, 0.1) is 37.3 Å². The highest BCUT2D eigenvalue weighted by atomic mass is 19.1. The molecule has 0 radical (unpaired) electrons. The molecule has 0 spiro atoms. The maximum absolute atomic E-state index is 14.6. The summed E-state index contributed by atoms with van der Waals surface area (Å²) in [6, 6.07) is 24.8. The highest BCUT2D eigenvalue weighted by Gasteiger charge is 2.10. The predicted molar refractivity (Wildman–Crippen MR) is 124 cm³/mol. The summed E-state index contributed by atoms with van der Waals surface area (Å²) in [6.45, 7) is 3.97. The third-order valence-corrected chi connectivity index (χ3v) is 4.94. The summed E-state index contributed by atoms with van der Waals surface area (Å²) in [5, 5.41) is 8.39. The molecule has 0 N–H and O–H groups in total. The van der Waals surface area contributed by atoms with Crippen molar-refractivity contribution in [1.29, 1.82) is 0 Å². The average molecular weight is 422 g/mol. The Morgan fingerprint density at radius 2 is 1.03 bits per heavy atom. The van der Waals surface area contributed by atoms with Gasteiger partial charge in [-0.25, -0.2) is 8.78 Å². The second kappa shape index (κ2) is 9.36. The summed E-state index contributed by atoms with van der Waals surface area (Å²) < 4.78 is 29.1. The third kappa shape index (κ3) is 5.14. The molecule has 0 aliphatic carbocycles. The van der Waals surface area contributed by atoms with Gasteiger partial charge in [-0.3, -0.25) is 0 Å². The fourth-order valence-corrected chi connectivity index (χ4v) is 3.08. The lowest BCUT2D eigenvalue weighted by Crippen LogP contribution is -1.92. The zero-order valence-corrected chi connectivity index (χ0v) is 17.7. The molecule has 0 heterocycles. The molecule has 0 saturated heterocycles. The summed E-state index contributed by atoms with van der Waals surface area (Å²) >= 11 is 0. The van der Waals surface area contributed by atoms with Gasteiger partial charge in [0.2, 0.25) is 0 Å². The number of rotatable bonds is 3. The molecule has 4 aromatic rings. The van der Waals surface area contributed by atoms with Crippen molar-refractivity contribution in [3.05, 3.63) is 119 Å². The van der Waals surface area contributed by atoms with Crippen LogP contribution in [0.1, 0.15) is 22.3 Å². The fraction of sp³-hybridized carbons (Fsp3) is 0.0714. The maximum atomic E-state index is 14.6. The average Bonchev–Trinajstić information content (AvgIpc) is 2.79. The molecule has 4 aromatic carbocycles. The van der Waals surface area contributed by atoms with E-state index in [9.17, 15) is 8.78 Å². The highest BCUT2D eigenvalue weighted by Crippen LogP contribution is 2.25. The standard InChI is InChI=1S/C28H20F2N2/c1-19-3-10-22(11-4-19)23-17-27(29)26(28(30)18-23)16-9-21-7-14-25(15-8-21)32-31-24-12-5-20(2)6-13-24/h3-8,10-15,17-18H,1-2H3. The molecule has 4 rings (SSSR count). The van der Waals surface area contributed by atoms with Crippen LogP contribution >= 0.6 is 0 Å². The molecule has 0 unspecified atom stereocenters. The van der Waals surface area contributed by atoms with Gasteiger partial charge in [-0.1, -0.05) is 59.4 Å². The number of halogens is 2. The van der Waals surface area contributed by atoms with Crippen molar-refractivity contribution >= 4 is 11.4 Å². The SMILES string of the molecule is Cc1ccc(N=Nc2ccc(C#Cc3c(F)cc(-c4ccc(C)cc4)cc3F)cc2)cc1. The van der Waals surface area contributed by atoms with Gasteiger partial charge in [0.15, 0.2) is 0 Å². The lowest BCUT2D eigenvalue weighted by atomic mass is 10.0. The number of hydrogen-bond donors (Lipinski definition) is 0. The molecule has 156 valence electrons. The van der Waals surface area contributed by atoms with Crippen LogP contribution in [0.4, 0.5) is 20.2 Å². The fourth-order valence-electron chi connectivity index (χ4n) is 3.08. The lowest BCUT2D eigenvalue weighted by molar-refractivity contribution is 0.578. The van der Waals surface area contributed by atoms with E-state index in [1.807, 2.05) is 62.4 Å². The van der Waals surface area contributed by atoms with Gasteiger partial charge in [0.25, 0.3) is 0 Å². The second-order valence-corrected chi connectivity index (χ2v) is 7.51. The minimum atomic E-state index is -0.684. The van der Waals surface area contributed by atoms with E-state index in [0.29, 0.717) is 16.8 Å². The van der Waals surface area contributed by atoms with Crippen molar-refractivity contribution in [2.24, 2.45) is 10.2 Å². The predicted octanol–water partition coefficient (Wildman–Crippen LogP) is 8.06. The first-order valence-corrected chi connectivity index (χ1v) is 10.1. The van der Waals surface area contributed by atoms with Crippen LogP contribution in [0.3, 0.4) is 0 Å². The molecule has 0 amide bonds. The van der Waals surface area contributed by atoms with E-state index in [1.165, 1.54) is 12.1 Å². The van der Waals surface area contributed by atoms with Gasteiger partial charge in [0.05, 0.1) is 16.9 Å². The Kier molecular flexibility index (Phi) is 6.19. The van der Waals surface area contributed by atoms with Gasteiger partial charge in [-0.2, -0.15) is 10.2 Å². The summed E-state index contributed by atoms with van der Waals surface area (Å²) in [6.07, 6.45) is 0. The van der Waals surface area contributed by atoms with E-state index < -0.39 is 11.6 Å². The molecule has 0 bridgehead atoms. The largest absolute Gasteiger partial charge is 0.205 e. The van der Waals surface area contributed by atoms with E-state index in [-0.39, 0.29) is 5.56 Å². The molecule has 0 saturated carbocycles. The Bertz CT molecular complexity index is 1300. The summed E-state index contributed by atoms with van der Waals surface area (Å²) in [4.78, 5) is 0. The molecule has 2 nitrogen and oxygen atoms in total. The quantitative estimate of drug-likeness (QED) is 0.236. The first-order valence-electron chi connectivity index (χ1n) is 10.1. The summed E-state index contributed by atoms with van der Waals surface area (Å²) in [7, 11) is 0. The summed E-state index contributed by atoms with van der Waals surface area (Å²) in [5.41, 5.74) is 5.28. The Hall–Kier alpha value is -4.10. The smallest absolute Gasteiger partial charge is 0.142 e. The van der Waals surface area contributed by atoms with E-state index in [1.54, 1.807) is 24.3 Å². The zero-order valence-electron chi connectivity index (χ0n) is 17.7. The van der Waals surface area contributed by atoms with E-state index >= 15 is 0 Å². The van der Waals surface area contributed by atoms with Crippen LogP contribution in [-0.2, 0) is 0 Å². The molecule has 0 atom stereocenters. The number of aryl methyl sites for hydroxylation is 2. The Morgan fingerprint density at radius 1 is 0.562 bits per heavy atom. The highest BCUT2D eigenvalue weighted by molar-refractivity contribution is 5.65. The molecular formula is C28H20F2N2. The van der Waals surface area contributed by atoms with Crippen LogP contribution in [0.25, 0.3) is 11.1 Å². The normalized spacial score (nSPS) is 10.8. The maximum Gasteiger partial charge on any atom is 0.142 e. The van der Waals surface area contributed by atoms with Crippen LogP contribution < -0.4 is 0 Å². The van der Waals surface area contributed by atoms with Crippen molar-refractivity contribution in [2.45, 2.75) is 13.8 Å². The Labute approximate surface area is 186 Å². The van der Waals surface area contributed by atoms with Crippen molar-refractivity contribution in [2.75, 3.05) is 0 Å². The molecular weight excluding hydrogens is 402 g/mol. The van der Waals surface area contributed by atoms with Gasteiger partial charge in [-0.15, -0.1) is 0 Å². The first-order chi connectivity index (χ1) is 15.5. The first kappa shape index (κ1) is 21.1. The van der Waals surface area contributed by atoms with Crippen molar-refractivity contribution < 1.29 is 8.78 Å². The third-order valence-electron chi connectivity index (χ3n) is 4.94. The van der Waals surface area contributed by atoms with Gasteiger partial charge < -0.3 is 0 Å². The number of benzene rings is 4. The minimum Gasteiger partial charge on any atom is -0.205 e. The van der Waals surface area contributed by atoms with E-state index in [0.717, 1.165) is 22.4 Å². The van der Waals surface area contributed by atoms with Crippen LogP contribution in [-0.4, -0.2) is 0 Å².